The van der Waals surface area contributed by atoms with E-state index in [1.165, 1.54) is 0 Å². The van der Waals surface area contributed by atoms with Crippen LogP contribution >= 0.6 is 27.3 Å². The summed E-state index contributed by atoms with van der Waals surface area (Å²) in [5, 5.41) is 14.6. The number of phenols is 1. The SMILES string of the molecule is O=c1[nH]c(CNCc2cc(Br)ccc2O)cs1. The highest BCUT2D eigenvalue weighted by Crippen LogP contribution is 2.21. The standard InChI is InChI=1S/C11H11BrN2O2S/c12-8-1-2-10(15)7(3-8)4-13-5-9-6-17-11(16)14-9/h1-3,6,13,15H,4-5H2,(H,14,16). The number of benzene rings is 1. The molecule has 6 heteroatoms. The Balaban J connectivity index is 1.94. The second-order valence-corrected chi connectivity index (χ2v) is 5.31. The molecular formula is C11H11BrN2O2S. The average Bonchev–Trinajstić information content (AvgIpc) is 2.69. The normalized spacial score (nSPS) is 10.6. The van der Waals surface area contributed by atoms with E-state index in [2.05, 4.69) is 26.2 Å². The van der Waals surface area contributed by atoms with Crippen molar-refractivity contribution in [2.24, 2.45) is 0 Å². The number of nitrogens with one attached hydrogen (secondary N) is 2. The number of hydrogen-bond acceptors (Lipinski definition) is 4. The Labute approximate surface area is 110 Å². The third kappa shape index (κ3) is 3.42. The summed E-state index contributed by atoms with van der Waals surface area (Å²) >= 11 is 4.50. The van der Waals surface area contributed by atoms with E-state index in [0.29, 0.717) is 13.1 Å². The minimum atomic E-state index is -0.0490. The number of halogens is 1. The van der Waals surface area contributed by atoms with E-state index >= 15 is 0 Å². The molecule has 0 amide bonds. The molecule has 0 spiro atoms. The van der Waals surface area contributed by atoms with Gasteiger partial charge in [-0.2, -0.15) is 0 Å². The Morgan fingerprint density at radius 2 is 2.24 bits per heavy atom. The van der Waals surface area contributed by atoms with Gasteiger partial charge < -0.3 is 15.4 Å². The monoisotopic (exact) mass is 314 g/mol. The highest BCUT2D eigenvalue weighted by atomic mass is 79.9. The van der Waals surface area contributed by atoms with Crippen LogP contribution in [0.15, 0.2) is 32.8 Å². The number of thiazole rings is 1. The summed E-state index contributed by atoms with van der Waals surface area (Å²) in [6, 6.07) is 5.29. The van der Waals surface area contributed by atoms with Crippen molar-refractivity contribution in [3.63, 3.8) is 0 Å². The van der Waals surface area contributed by atoms with Gasteiger partial charge in [-0.1, -0.05) is 27.3 Å². The summed E-state index contributed by atoms with van der Waals surface area (Å²) in [5.74, 6) is 0.263. The third-order valence-corrected chi connectivity index (χ3v) is 3.46. The second kappa shape index (κ2) is 5.48. The molecule has 0 saturated heterocycles. The quantitative estimate of drug-likeness (QED) is 0.810. The van der Waals surface area contributed by atoms with Crippen LogP contribution in [0, 0.1) is 0 Å². The zero-order valence-electron chi connectivity index (χ0n) is 8.87. The number of rotatable bonds is 4. The maximum Gasteiger partial charge on any atom is 0.304 e. The Kier molecular flexibility index (Phi) is 3.98. The zero-order chi connectivity index (χ0) is 12.3. The number of phenolic OH excluding ortho intramolecular Hbond substituents is 1. The molecule has 0 aliphatic rings. The summed E-state index contributed by atoms with van der Waals surface area (Å²) in [5.41, 5.74) is 1.67. The van der Waals surface area contributed by atoms with Crippen LogP contribution in [0.5, 0.6) is 5.75 Å². The molecule has 1 aromatic carbocycles. The van der Waals surface area contributed by atoms with Crippen molar-refractivity contribution in [2.75, 3.05) is 0 Å². The largest absolute Gasteiger partial charge is 0.508 e. The molecule has 90 valence electrons. The fourth-order valence-corrected chi connectivity index (χ4v) is 2.42. The van der Waals surface area contributed by atoms with Crippen LogP contribution < -0.4 is 10.2 Å². The Morgan fingerprint density at radius 3 is 2.94 bits per heavy atom. The number of hydrogen-bond donors (Lipinski definition) is 3. The van der Waals surface area contributed by atoms with Gasteiger partial charge in [-0.25, -0.2) is 0 Å². The van der Waals surface area contributed by atoms with Gasteiger partial charge in [0.15, 0.2) is 0 Å². The van der Waals surface area contributed by atoms with E-state index < -0.39 is 0 Å². The molecule has 1 heterocycles. The summed E-state index contributed by atoms with van der Waals surface area (Å²) in [4.78, 5) is 13.6. The molecule has 0 saturated carbocycles. The van der Waals surface area contributed by atoms with E-state index in [0.717, 1.165) is 27.1 Å². The van der Waals surface area contributed by atoms with E-state index in [9.17, 15) is 9.90 Å². The van der Waals surface area contributed by atoms with E-state index in [4.69, 9.17) is 0 Å². The molecule has 0 fully saturated rings. The molecule has 1 aromatic heterocycles. The number of aromatic hydroxyl groups is 1. The first-order valence-electron chi connectivity index (χ1n) is 5.00. The van der Waals surface area contributed by atoms with Crippen LogP contribution in [0.25, 0.3) is 0 Å². The van der Waals surface area contributed by atoms with Gasteiger partial charge in [-0.05, 0) is 18.2 Å². The van der Waals surface area contributed by atoms with Gasteiger partial charge in [0.05, 0.1) is 0 Å². The highest BCUT2D eigenvalue weighted by Gasteiger charge is 2.02. The number of aromatic nitrogens is 1. The second-order valence-electron chi connectivity index (χ2n) is 3.55. The Bertz CT molecular complexity index is 565. The highest BCUT2D eigenvalue weighted by molar-refractivity contribution is 9.10. The maximum atomic E-state index is 10.9. The van der Waals surface area contributed by atoms with Crippen molar-refractivity contribution in [1.82, 2.24) is 10.3 Å². The van der Waals surface area contributed by atoms with Gasteiger partial charge in [-0.3, -0.25) is 4.79 Å². The molecule has 0 bridgehead atoms. The summed E-state index contributed by atoms with van der Waals surface area (Å²) in [7, 11) is 0. The topological polar surface area (TPSA) is 65.1 Å². The first-order chi connectivity index (χ1) is 8.15. The molecule has 0 atom stereocenters. The molecule has 2 rings (SSSR count). The Hall–Kier alpha value is -1.11. The van der Waals surface area contributed by atoms with E-state index in [-0.39, 0.29) is 10.6 Å². The first-order valence-corrected chi connectivity index (χ1v) is 6.67. The maximum absolute atomic E-state index is 10.9. The lowest BCUT2D eigenvalue weighted by Gasteiger charge is -2.06. The fraction of sp³-hybridized carbons (Fsp3) is 0.182. The van der Waals surface area contributed by atoms with Gasteiger partial charge in [0.25, 0.3) is 0 Å². The van der Waals surface area contributed by atoms with Crippen molar-refractivity contribution in [3.8, 4) is 5.75 Å². The van der Waals surface area contributed by atoms with Crippen molar-refractivity contribution in [3.05, 3.63) is 49.0 Å². The van der Waals surface area contributed by atoms with Crippen LogP contribution in [-0.2, 0) is 13.1 Å². The zero-order valence-corrected chi connectivity index (χ0v) is 11.3. The molecule has 0 aliphatic carbocycles. The van der Waals surface area contributed by atoms with Gasteiger partial charge in [-0.15, -0.1) is 0 Å². The van der Waals surface area contributed by atoms with Crippen LogP contribution in [0.4, 0.5) is 0 Å². The smallest absolute Gasteiger partial charge is 0.304 e. The lowest BCUT2D eigenvalue weighted by atomic mass is 10.2. The number of aromatic amines is 1. The van der Waals surface area contributed by atoms with Crippen LogP contribution in [0.1, 0.15) is 11.3 Å². The predicted molar refractivity (Wildman–Crippen MR) is 71.3 cm³/mol. The predicted octanol–water partition coefficient (Wildman–Crippen LogP) is 2.19. The first kappa shape index (κ1) is 12.3. The van der Waals surface area contributed by atoms with Crippen LogP contribution in [0.3, 0.4) is 0 Å². The Morgan fingerprint density at radius 1 is 1.41 bits per heavy atom. The van der Waals surface area contributed by atoms with Crippen molar-refractivity contribution < 1.29 is 5.11 Å². The molecule has 0 unspecified atom stereocenters. The van der Waals surface area contributed by atoms with E-state index in [1.807, 2.05) is 6.07 Å². The van der Waals surface area contributed by atoms with Gasteiger partial charge in [0, 0.05) is 34.2 Å². The van der Waals surface area contributed by atoms with Crippen LogP contribution in [0.2, 0.25) is 0 Å². The van der Waals surface area contributed by atoms with Crippen molar-refractivity contribution in [2.45, 2.75) is 13.1 Å². The van der Waals surface area contributed by atoms with Gasteiger partial charge in [0.2, 0.25) is 0 Å². The van der Waals surface area contributed by atoms with Crippen LogP contribution in [-0.4, -0.2) is 10.1 Å². The molecule has 3 N–H and O–H groups in total. The molecule has 0 radical (unpaired) electrons. The molecule has 4 nitrogen and oxygen atoms in total. The lowest BCUT2D eigenvalue weighted by molar-refractivity contribution is 0.464. The lowest BCUT2D eigenvalue weighted by Crippen LogP contribution is -2.13. The molecular weight excluding hydrogens is 304 g/mol. The fourth-order valence-electron chi connectivity index (χ4n) is 1.43. The van der Waals surface area contributed by atoms with E-state index in [1.54, 1.807) is 17.5 Å². The van der Waals surface area contributed by atoms with Gasteiger partial charge in [0.1, 0.15) is 5.75 Å². The third-order valence-electron chi connectivity index (χ3n) is 2.24. The summed E-state index contributed by atoms with van der Waals surface area (Å²) in [6.07, 6.45) is 0. The van der Waals surface area contributed by atoms with Gasteiger partial charge >= 0.3 is 4.87 Å². The van der Waals surface area contributed by atoms with Crippen molar-refractivity contribution >= 4 is 27.3 Å². The van der Waals surface area contributed by atoms with Crippen molar-refractivity contribution in [1.29, 1.82) is 0 Å². The average molecular weight is 315 g/mol. The summed E-state index contributed by atoms with van der Waals surface area (Å²) < 4.78 is 0.927. The number of H-pyrrole nitrogens is 1. The molecule has 0 aliphatic heterocycles. The molecule has 17 heavy (non-hydrogen) atoms. The minimum Gasteiger partial charge on any atom is -0.508 e. The molecule has 2 aromatic rings. The minimum absolute atomic E-state index is 0.0490. The summed E-state index contributed by atoms with van der Waals surface area (Å²) in [6.45, 7) is 1.12.